The second-order valence-electron chi connectivity index (χ2n) is 4.85. The molecule has 0 unspecified atom stereocenters. The minimum Gasteiger partial charge on any atom is -0.339 e. The Morgan fingerprint density at radius 1 is 1.08 bits per heavy atom. The summed E-state index contributed by atoms with van der Waals surface area (Å²) in [6, 6.07) is 8.81. The largest absolute Gasteiger partial charge is 0.418 e. The van der Waals surface area contributed by atoms with Crippen molar-refractivity contribution in [1.29, 1.82) is 0 Å². The lowest BCUT2D eigenvalue weighted by Gasteiger charge is -2.14. The van der Waals surface area contributed by atoms with Gasteiger partial charge in [-0.05, 0) is 18.2 Å². The van der Waals surface area contributed by atoms with Gasteiger partial charge >= 0.3 is 6.18 Å². The molecule has 0 bridgehead atoms. The van der Waals surface area contributed by atoms with Crippen molar-refractivity contribution < 1.29 is 18.1 Å². The lowest BCUT2D eigenvalue weighted by molar-refractivity contribution is -0.384. The van der Waals surface area contributed by atoms with E-state index in [0.717, 1.165) is 6.07 Å². The van der Waals surface area contributed by atoms with E-state index in [1.54, 1.807) is 0 Å². The highest BCUT2D eigenvalue weighted by atomic mass is 19.4. The highest BCUT2D eigenvalue weighted by molar-refractivity contribution is 5.92. The molecule has 9 heteroatoms. The molecular formula is C15H9F3N4O2. The number of hydrogen-bond acceptors (Lipinski definition) is 5. The molecule has 0 saturated carbocycles. The minimum atomic E-state index is -4.54. The van der Waals surface area contributed by atoms with E-state index in [0.29, 0.717) is 5.52 Å². The van der Waals surface area contributed by atoms with Crippen LogP contribution >= 0.6 is 0 Å². The van der Waals surface area contributed by atoms with Gasteiger partial charge in [-0.25, -0.2) is 9.97 Å². The number of hydrogen-bond donors (Lipinski definition) is 1. The van der Waals surface area contributed by atoms with Crippen molar-refractivity contribution >= 4 is 28.1 Å². The van der Waals surface area contributed by atoms with Gasteiger partial charge in [-0.15, -0.1) is 0 Å². The predicted molar refractivity (Wildman–Crippen MR) is 80.9 cm³/mol. The van der Waals surface area contributed by atoms with Crippen molar-refractivity contribution in [3.8, 4) is 0 Å². The number of benzene rings is 2. The van der Waals surface area contributed by atoms with E-state index in [9.17, 15) is 23.3 Å². The first kappa shape index (κ1) is 15.7. The van der Waals surface area contributed by atoms with Gasteiger partial charge < -0.3 is 5.32 Å². The van der Waals surface area contributed by atoms with Crippen molar-refractivity contribution in [2.24, 2.45) is 0 Å². The average molecular weight is 334 g/mol. The normalized spacial score (nSPS) is 11.5. The van der Waals surface area contributed by atoms with Crippen LogP contribution in [-0.2, 0) is 6.18 Å². The lowest BCUT2D eigenvalue weighted by Crippen LogP contribution is -2.09. The zero-order chi connectivity index (χ0) is 17.3. The summed E-state index contributed by atoms with van der Waals surface area (Å²) in [4.78, 5) is 18.2. The Labute approximate surface area is 133 Å². The summed E-state index contributed by atoms with van der Waals surface area (Å²) in [6.07, 6.45) is -3.37. The summed E-state index contributed by atoms with van der Waals surface area (Å²) >= 11 is 0. The van der Waals surface area contributed by atoms with Crippen LogP contribution in [0.4, 0.5) is 30.4 Å². The maximum Gasteiger partial charge on any atom is 0.418 e. The van der Waals surface area contributed by atoms with E-state index in [-0.39, 0.29) is 22.6 Å². The summed E-state index contributed by atoms with van der Waals surface area (Å²) < 4.78 is 39.2. The lowest BCUT2D eigenvalue weighted by atomic mass is 10.1. The summed E-state index contributed by atoms with van der Waals surface area (Å²) in [6.45, 7) is 0. The molecule has 3 aromatic rings. The SMILES string of the molecule is O=[N+]([O-])c1ccc2ncnc(Nc3ccccc3C(F)(F)F)c2c1. The quantitative estimate of drug-likeness (QED) is 0.570. The number of nitrogens with zero attached hydrogens (tertiary/aromatic N) is 3. The highest BCUT2D eigenvalue weighted by Crippen LogP contribution is 2.36. The molecule has 3 rings (SSSR count). The molecule has 0 radical (unpaired) electrons. The van der Waals surface area contributed by atoms with E-state index in [1.165, 1.54) is 42.7 Å². The Morgan fingerprint density at radius 2 is 1.83 bits per heavy atom. The van der Waals surface area contributed by atoms with Gasteiger partial charge in [0.15, 0.2) is 0 Å². The predicted octanol–water partition coefficient (Wildman–Crippen LogP) is 4.30. The molecule has 0 aliphatic rings. The first-order chi connectivity index (χ1) is 11.4. The molecule has 0 saturated heterocycles. The van der Waals surface area contributed by atoms with Crippen LogP contribution < -0.4 is 5.32 Å². The number of rotatable bonds is 3. The number of halogens is 3. The minimum absolute atomic E-state index is 0.0559. The molecule has 24 heavy (non-hydrogen) atoms. The number of alkyl halides is 3. The fourth-order valence-electron chi connectivity index (χ4n) is 2.22. The zero-order valence-electron chi connectivity index (χ0n) is 11.9. The Hall–Kier alpha value is -3.23. The van der Waals surface area contributed by atoms with Crippen molar-refractivity contribution in [2.75, 3.05) is 5.32 Å². The topological polar surface area (TPSA) is 81.0 Å². The molecule has 1 heterocycles. The second kappa shape index (κ2) is 5.76. The molecule has 0 atom stereocenters. The standard InChI is InChI=1S/C15H9F3N4O2/c16-15(17,18)11-3-1-2-4-13(11)21-14-10-7-9(22(23)24)5-6-12(10)19-8-20-14/h1-8H,(H,19,20,21). The van der Waals surface area contributed by atoms with E-state index < -0.39 is 16.7 Å². The molecule has 0 aliphatic heterocycles. The molecular weight excluding hydrogens is 325 g/mol. The van der Waals surface area contributed by atoms with Crippen LogP contribution in [-0.4, -0.2) is 14.9 Å². The zero-order valence-corrected chi connectivity index (χ0v) is 11.9. The van der Waals surface area contributed by atoms with Gasteiger partial charge in [0, 0.05) is 17.5 Å². The third kappa shape index (κ3) is 2.96. The molecule has 0 spiro atoms. The van der Waals surface area contributed by atoms with E-state index in [1.807, 2.05) is 0 Å². The number of para-hydroxylation sites is 1. The first-order valence-electron chi connectivity index (χ1n) is 6.68. The van der Waals surface area contributed by atoms with Gasteiger partial charge in [0.1, 0.15) is 12.1 Å². The van der Waals surface area contributed by atoms with E-state index >= 15 is 0 Å². The number of nitro groups is 1. The van der Waals surface area contributed by atoms with Crippen molar-refractivity contribution in [3.63, 3.8) is 0 Å². The van der Waals surface area contributed by atoms with Crippen LogP contribution in [0.3, 0.4) is 0 Å². The Morgan fingerprint density at radius 3 is 2.54 bits per heavy atom. The van der Waals surface area contributed by atoms with Crippen LogP contribution in [0.1, 0.15) is 5.56 Å². The van der Waals surface area contributed by atoms with Gasteiger partial charge in [-0.1, -0.05) is 12.1 Å². The van der Waals surface area contributed by atoms with Crippen LogP contribution in [0.2, 0.25) is 0 Å². The van der Waals surface area contributed by atoms with Gasteiger partial charge in [-0.2, -0.15) is 13.2 Å². The summed E-state index contributed by atoms with van der Waals surface area (Å²) in [7, 11) is 0. The van der Waals surface area contributed by atoms with Gasteiger partial charge in [0.05, 0.1) is 21.7 Å². The maximum absolute atomic E-state index is 13.1. The molecule has 0 aliphatic carbocycles. The fraction of sp³-hybridized carbons (Fsp3) is 0.0667. The number of fused-ring (bicyclic) bond motifs is 1. The Bertz CT molecular complexity index is 928. The second-order valence-corrected chi connectivity index (χ2v) is 4.85. The molecule has 1 aromatic heterocycles. The number of nitro benzene ring substituents is 1. The Kier molecular flexibility index (Phi) is 3.76. The Balaban J connectivity index is 2.11. The van der Waals surface area contributed by atoms with Crippen molar-refractivity contribution in [3.05, 3.63) is 64.5 Å². The van der Waals surface area contributed by atoms with Crippen LogP contribution in [0.25, 0.3) is 10.9 Å². The van der Waals surface area contributed by atoms with Crippen LogP contribution in [0, 0.1) is 10.1 Å². The third-order valence-electron chi connectivity index (χ3n) is 3.32. The first-order valence-corrected chi connectivity index (χ1v) is 6.68. The highest BCUT2D eigenvalue weighted by Gasteiger charge is 2.33. The summed E-state index contributed by atoms with van der Waals surface area (Å²) in [5, 5.41) is 13.7. The number of aromatic nitrogens is 2. The van der Waals surface area contributed by atoms with E-state index in [4.69, 9.17) is 0 Å². The van der Waals surface area contributed by atoms with Gasteiger partial charge in [0.25, 0.3) is 5.69 Å². The van der Waals surface area contributed by atoms with Crippen molar-refractivity contribution in [1.82, 2.24) is 9.97 Å². The summed E-state index contributed by atoms with van der Waals surface area (Å²) in [5.41, 5.74) is -0.884. The van der Waals surface area contributed by atoms with Crippen LogP contribution in [0.5, 0.6) is 0 Å². The maximum atomic E-state index is 13.1. The van der Waals surface area contributed by atoms with E-state index in [2.05, 4.69) is 15.3 Å². The smallest absolute Gasteiger partial charge is 0.339 e. The molecule has 0 fully saturated rings. The fourth-order valence-corrected chi connectivity index (χ4v) is 2.22. The van der Waals surface area contributed by atoms with Gasteiger partial charge in [-0.3, -0.25) is 10.1 Å². The molecule has 6 nitrogen and oxygen atoms in total. The van der Waals surface area contributed by atoms with Crippen molar-refractivity contribution in [2.45, 2.75) is 6.18 Å². The van der Waals surface area contributed by atoms with Crippen LogP contribution in [0.15, 0.2) is 48.8 Å². The number of non-ortho nitro benzene ring substituents is 1. The number of anilines is 2. The molecule has 1 N–H and O–H groups in total. The monoisotopic (exact) mass is 334 g/mol. The molecule has 2 aromatic carbocycles. The number of nitrogens with one attached hydrogen (secondary N) is 1. The third-order valence-corrected chi connectivity index (χ3v) is 3.32. The average Bonchev–Trinajstić information content (AvgIpc) is 2.54. The summed E-state index contributed by atoms with van der Waals surface area (Å²) in [5.74, 6) is 0.0559. The van der Waals surface area contributed by atoms with Gasteiger partial charge in [0.2, 0.25) is 0 Å². The molecule has 0 amide bonds. The molecule has 122 valence electrons.